The van der Waals surface area contributed by atoms with Gasteiger partial charge in [-0.15, -0.1) is 0 Å². The molecule has 0 aliphatic carbocycles. The first-order valence-corrected chi connectivity index (χ1v) is 5.94. The van der Waals surface area contributed by atoms with E-state index in [2.05, 4.69) is 4.90 Å². The summed E-state index contributed by atoms with van der Waals surface area (Å²) in [6.45, 7) is 4.01. The van der Waals surface area contributed by atoms with Crippen LogP contribution in [0.5, 0.6) is 0 Å². The minimum absolute atomic E-state index is 0.0173. The third kappa shape index (κ3) is 2.25. The van der Waals surface area contributed by atoms with Crippen LogP contribution < -0.4 is 5.73 Å². The molecule has 0 spiro atoms. The van der Waals surface area contributed by atoms with Crippen molar-refractivity contribution in [2.75, 3.05) is 13.1 Å². The van der Waals surface area contributed by atoms with Crippen molar-refractivity contribution in [1.29, 1.82) is 0 Å². The van der Waals surface area contributed by atoms with Crippen LogP contribution in [0.1, 0.15) is 31.4 Å². The Kier molecular flexibility index (Phi) is 3.56. The normalized spacial score (nSPS) is 20.9. The van der Waals surface area contributed by atoms with Gasteiger partial charge in [0.15, 0.2) is 0 Å². The monoisotopic (exact) mass is 222 g/mol. The summed E-state index contributed by atoms with van der Waals surface area (Å²) in [4.78, 5) is 2.29. The molecular weight excluding hydrogens is 203 g/mol. The van der Waals surface area contributed by atoms with Gasteiger partial charge in [0.25, 0.3) is 0 Å². The Morgan fingerprint density at radius 2 is 1.88 bits per heavy atom. The minimum atomic E-state index is -0.142. The Balaban J connectivity index is 2.28. The molecule has 0 radical (unpaired) electrons. The highest BCUT2D eigenvalue weighted by atomic mass is 19.1. The molecule has 1 aromatic rings. The number of benzene rings is 1. The molecule has 16 heavy (non-hydrogen) atoms. The summed E-state index contributed by atoms with van der Waals surface area (Å²) in [6, 6.07) is 6.94. The van der Waals surface area contributed by atoms with E-state index in [0.29, 0.717) is 0 Å². The fraction of sp³-hybridized carbons (Fsp3) is 0.538. The third-order valence-electron chi connectivity index (χ3n) is 3.26. The summed E-state index contributed by atoms with van der Waals surface area (Å²) in [5.41, 5.74) is 6.74. The Hall–Kier alpha value is -0.930. The molecule has 1 fully saturated rings. The molecule has 2 N–H and O–H groups in total. The molecule has 2 rings (SSSR count). The van der Waals surface area contributed by atoms with Crippen molar-refractivity contribution in [2.45, 2.75) is 31.8 Å². The van der Waals surface area contributed by atoms with E-state index in [9.17, 15) is 4.39 Å². The van der Waals surface area contributed by atoms with Crippen LogP contribution in [0.4, 0.5) is 4.39 Å². The van der Waals surface area contributed by atoms with E-state index in [1.807, 2.05) is 19.1 Å². The molecule has 3 heteroatoms. The third-order valence-corrected chi connectivity index (χ3v) is 3.26. The topological polar surface area (TPSA) is 29.3 Å². The van der Waals surface area contributed by atoms with E-state index in [0.717, 1.165) is 18.7 Å². The number of likely N-dealkylation sites (tertiary alicyclic amines) is 1. The van der Waals surface area contributed by atoms with E-state index in [-0.39, 0.29) is 17.9 Å². The average molecular weight is 222 g/mol. The Morgan fingerprint density at radius 3 is 2.44 bits per heavy atom. The molecule has 1 heterocycles. The predicted octanol–water partition coefficient (Wildman–Crippen LogP) is 2.31. The summed E-state index contributed by atoms with van der Waals surface area (Å²) in [5, 5.41) is 0. The average Bonchev–Trinajstić information content (AvgIpc) is 2.74. The van der Waals surface area contributed by atoms with Crippen LogP contribution in [-0.4, -0.2) is 24.0 Å². The molecule has 2 nitrogen and oxygen atoms in total. The zero-order valence-corrected chi connectivity index (χ0v) is 9.70. The zero-order chi connectivity index (χ0) is 11.5. The van der Waals surface area contributed by atoms with Gasteiger partial charge in [-0.25, -0.2) is 4.39 Å². The highest BCUT2D eigenvalue weighted by Gasteiger charge is 2.28. The van der Waals surface area contributed by atoms with Crippen molar-refractivity contribution >= 4 is 0 Å². The van der Waals surface area contributed by atoms with E-state index < -0.39 is 0 Å². The fourth-order valence-electron chi connectivity index (χ4n) is 2.55. The van der Waals surface area contributed by atoms with E-state index in [4.69, 9.17) is 5.73 Å². The lowest BCUT2D eigenvalue weighted by atomic mass is 9.99. The number of hydrogen-bond donors (Lipinski definition) is 1. The summed E-state index contributed by atoms with van der Waals surface area (Å²) in [5.74, 6) is -0.142. The van der Waals surface area contributed by atoms with Crippen LogP contribution in [-0.2, 0) is 0 Å². The second kappa shape index (κ2) is 4.93. The van der Waals surface area contributed by atoms with Crippen molar-refractivity contribution < 1.29 is 4.39 Å². The summed E-state index contributed by atoms with van der Waals surface area (Å²) in [6.07, 6.45) is 2.38. The Morgan fingerprint density at radius 1 is 1.25 bits per heavy atom. The molecule has 1 aromatic carbocycles. The Labute approximate surface area is 96.2 Å². The van der Waals surface area contributed by atoms with Gasteiger partial charge in [-0.3, -0.25) is 4.90 Å². The van der Waals surface area contributed by atoms with Crippen LogP contribution >= 0.6 is 0 Å². The molecule has 1 saturated heterocycles. The number of nitrogens with two attached hydrogens (primary N) is 1. The number of nitrogens with zero attached hydrogens (tertiary/aromatic N) is 1. The fourth-order valence-corrected chi connectivity index (χ4v) is 2.55. The quantitative estimate of drug-likeness (QED) is 0.850. The molecule has 0 aromatic heterocycles. The summed E-state index contributed by atoms with van der Waals surface area (Å²) < 4.78 is 13.8. The SMILES string of the molecule is CC(N)C(c1ccccc1F)N1CCCC1. The van der Waals surface area contributed by atoms with Crippen LogP contribution in [0, 0.1) is 5.82 Å². The van der Waals surface area contributed by atoms with E-state index >= 15 is 0 Å². The molecular formula is C13H19FN2. The highest BCUT2D eigenvalue weighted by Crippen LogP contribution is 2.28. The molecule has 0 amide bonds. The van der Waals surface area contributed by atoms with Crippen LogP contribution in [0.2, 0.25) is 0 Å². The van der Waals surface area contributed by atoms with Crippen molar-refractivity contribution in [3.05, 3.63) is 35.6 Å². The molecule has 88 valence electrons. The first-order chi connectivity index (χ1) is 7.70. The van der Waals surface area contributed by atoms with E-state index in [1.165, 1.54) is 18.9 Å². The van der Waals surface area contributed by atoms with Crippen molar-refractivity contribution in [3.63, 3.8) is 0 Å². The number of rotatable bonds is 3. The maximum Gasteiger partial charge on any atom is 0.128 e. The van der Waals surface area contributed by atoms with Crippen molar-refractivity contribution in [1.82, 2.24) is 4.90 Å². The van der Waals surface area contributed by atoms with Gasteiger partial charge in [-0.05, 0) is 38.9 Å². The first-order valence-electron chi connectivity index (χ1n) is 5.94. The molecule has 0 saturated carbocycles. The van der Waals surface area contributed by atoms with Gasteiger partial charge in [0.05, 0.1) is 6.04 Å². The van der Waals surface area contributed by atoms with Gasteiger partial charge in [-0.2, -0.15) is 0 Å². The lowest BCUT2D eigenvalue weighted by Crippen LogP contribution is -2.38. The first kappa shape index (κ1) is 11.6. The summed E-state index contributed by atoms with van der Waals surface area (Å²) >= 11 is 0. The molecule has 2 unspecified atom stereocenters. The number of hydrogen-bond acceptors (Lipinski definition) is 2. The van der Waals surface area contributed by atoms with Gasteiger partial charge in [0.1, 0.15) is 5.82 Å². The van der Waals surface area contributed by atoms with Gasteiger partial charge in [-0.1, -0.05) is 18.2 Å². The van der Waals surface area contributed by atoms with Gasteiger partial charge in [0, 0.05) is 11.6 Å². The van der Waals surface area contributed by atoms with Gasteiger partial charge in [0.2, 0.25) is 0 Å². The minimum Gasteiger partial charge on any atom is -0.326 e. The maximum absolute atomic E-state index is 13.8. The lowest BCUT2D eigenvalue weighted by Gasteiger charge is -2.31. The largest absolute Gasteiger partial charge is 0.326 e. The van der Waals surface area contributed by atoms with Crippen LogP contribution in [0.15, 0.2) is 24.3 Å². The van der Waals surface area contributed by atoms with Gasteiger partial charge >= 0.3 is 0 Å². The smallest absolute Gasteiger partial charge is 0.128 e. The van der Waals surface area contributed by atoms with Crippen LogP contribution in [0.3, 0.4) is 0 Å². The predicted molar refractivity (Wildman–Crippen MR) is 63.6 cm³/mol. The lowest BCUT2D eigenvalue weighted by molar-refractivity contribution is 0.214. The highest BCUT2D eigenvalue weighted by molar-refractivity contribution is 5.23. The molecule has 2 atom stereocenters. The number of halogens is 1. The molecule has 0 bridgehead atoms. The Bertz CT molecular complexity index is 346. The maximum atomic E-state index is 13.8. The second-order valence-electron chi connectivity index (χ2n) is 4.57. The van der Waals surface area contributed by atoms with Crippen molar-refractivity contribution in [3.8, 4) is 0 Å². The second-order valence-corrected chi connectivity index (χ2v) is 4.57. The molecule has 1 aliphatic rings. The zero-order valence-electron chi connectivity index (χ0n) is 9.70. The summed E-state index contributed by atoms with van der Waals surface area (Å²) in [7, 11) is 0. The van der Waals surface area contributed by atoms with Crippen LogP contribution in [0.25, 0.3) is 0 Å². The van der Waals surface area contributed by atoms with Crippen molar-refractivity contribution in [2.24, 2.45) is 5.73 Å². The molecule has 1 aliphatic heterocycles. The standard InChI is InChI=1S/C13H19FN2/c1-10(15)13(16-8-4-5-9-16)11-6-2-3-7-12(11)14/h2-3,6-7,10,13H,4-5,8-9,15H2,1H3. The van der Waals surface area contributed by atoms with Gasteiger partial charge < -0.3 is 5.73 Å². The van der Waals surface area contributed by atoms with E-state index in [1.54, 1.807) is 6.07 Å².